The summed E-state index contributed by atoms with van der Waals surface area (Å²) in [7, 11) is 0. The number of nitrogens with zero attached hydrogens (tertiary/aromatic N) is 1. The molecule has 0 aliphatic heterocycles. The average molecular weight is 235 g/mol. The molecule has 0 atom stereocenters. The lowest BCUT2D eigenvalue weighted by atomic mass is 9.95. The van der Waals surface area contributed by atoms with E-state index in [1.54, 1.807) is 22.8 Å². The number of aromatic nitrogens is 2. The van der Waals surface area contributed by atoms with Crippen molar-refractivity contribution >= 4 is 16.7 Å². The number of aliphatic hydroxyl groups is 1. The van der Waals surface area contributed by atoms with E-state index in [4.69, 9.17) is 5.73 Å². The Morgan fingerprint density at radius 3 is 2.82 bits per heavy atom. The fourth-order valence-corrected chi connectivity index (χ4v) is 1.80. The van der Waals surface area contributed by atoms with E-state index in [2.05, 4.69) is 4.98 Å². The van der Waals surface area contributed by atoms with Gasteiger partial charge in [-0.2, -0.15) is 0 Å². The molecule has 4 N–H and O–H groups in total. The third-order valence-electron chi connectivity index (χ3n) is 2.81. The van der Waals surface area contributed by atoms with Crippen molar-refractivity contribution in [1.29, 1.82) is 0 Å². The van der Waals surface area contributed by atoms with E-state index in [1.165, 1.54) is 0 Å². The number of hydrogen-bond donors (Lipinski definition) is 3. The largest absolute Gasteiger partial charge is 0.399 e. The molecular formula is C12H17N3O2. The molecule has 0 unspecified atom stereocenters. The molecule has 17 heavy (non-hydrogen) atoms. The number of benzene rings is 1. The summed E-state index contributed by atoms with van der Waals surface area (Å²) in [5.41, 5.74) is 7.36. The third-order valence-corrected chi connectivity index (χ3v) is 2.81. The smallest absolute Gasteiger partial charge is 0.326 e. The maximum absolute atomic E-state index is 11.8. The lowest BCUT2D eigenvalue weighted by molar-refractivity contribution is 0.141. The molecule has 1 aromatic carbocycles. The molecule has 1 heterocycles. The fraction of sp³-hybridized carbons (Fsp3) is 0.417. The van der Waals surface area contributed by atoms with Crippen molar-refractivity contribution in [3.63, 3.8) is 0 Å². The molecule has 0 saturated heterocycles. The Kier molecular flexibility index (Phi) is 2.71. The summed E-state index contributed by atoms with van der Waals surface area (Å²) in [6.07, 6.45) is 0. The highest BCUT2D eigenvalue weighted by atomic mass is 16.3. The van der Waals surface area contributed by atoms with Gasteiger partial charge >= 0.3 is 5.69 Å². The second-order valence-corrected chi connectivity index (χ2v) is 5.12. The van der Waals surface area contributed by atoms with Gasteiger partial charge in [0.05, 0.1) is 11.0 Å². The van der Waals surface area contributed by atoms with Gasteiger partial charge in [0.25, 0.3) is 0 Å². The maximum Gasteiger partial charge on any atom is 0.326 e. The summed E-state index contributed by atoms with van der Waals surface area (Å²) in [6.45, 7) is 4.29. The zero-order valence-corrected chi connectivity index (χ0v) is 10.0. The standard InChI is InChI=1S/C12H17N3O2/c1-12(2,7-16)6-15-10-5-8(13)3-4-9(10)14-11(15)17/h3-5,16H,6-7,13H2,1-2H3,(H,14,17). The van der Waals surface area contributed by atoms with Crippen LogP contribution in [0.4, 0.5) is 5.69 Å². The molecule has 2 rings (SSSR count). The molecule has 5 nitrogen and oxygen atoms in total. The van der Waals surface area contributed by atoms with Crippen LogP contribution in [0.5, 0.6) is 0 Å². The summed E-state index contributed by atoms with van der Waals surface area (Å²) in [5.74, 6) is 0. The van der Waals surface area contributed by atoms with Gasteiger partial charge in [0.2, 0.25) is 0 Å². The second kappa shape index (κ2) is 3.92. The van der Waals surface area contributed by atoms with Crippen molar-refractivity contribution in [2.24, 2.45) is 5.41 Å². The number of H-pyrrole nitrogens is 1. The minimum Gasteiger partial charge on any atom is -0.399 e. The van der Waals surface area contributed by atoms with Crippen LogP contribution in [-0.2, 0) is 6.54 Å². The third kappa shape index (κ3) is 2.19. The first-order chi connectivity index (χ1) is 7.93. The predicted molar refractivity (Wildman–Crippen MR) is 67.8 cm³/mol. The second-order valence-electron chi connectivity index (χ2n) is 5.12. The highest BCUT2D eigenvalue weighted by Crippen LogP contribution is 2.20. The van der Waals surface area contributed by atoms with Crippen LogP contribution in [0, 0.1) is 5.41 Å². The van der Waals surface area contributed by atoms with E-state index >= 15 is 0 Å². The number of rotatable bonds is 3. The Morgan fingerprint density at radius 1 is 1.47 bits per heavy atom. The van der Waals surface area contributed by atoms with E-state index in [-0.39, 0.29) is 17.7 Å². The number of aromatic amines is 1. The van der Waals surface area contributed by atoms with Crippen LogP contribution in [0.1, 0.15) is 13.8 Å². The molecule has 0 aliphatic rings. The van der Waals surface area contributed by atoms with Crippen LogP contribution in [0.15, 0.2) is 23.0 Å². The molecule has 5 heteroatoms. The van der Waals surface area contributed by atoms with Gasteiger partial charge in [-0.1, -0.05) is 13.8 Å². The molecular weight excluding hydrogens is 218 g/mol. The van der Waals surface area contributed by atoms with Crippen LogP contribution in [0.25, 0.3) is 11.0 Å². The Morgan fingerprint density at radius 2 is 2.18 bits per heavy atom. The Labute approximate surface area is 98.9 Å². The lowest BCUT2D eigenvalue weighted by Gasteiger charge is -2.21. The number of imidazole rings is 1. The maximum atomic E-state index is 11.8. The number of hydrogen-bond acceptors (Lipinski definition) is 3. The number of nitrogens with one attached hydrogen (secondary N) is 1. The van der Waals surface area contributed by atoms with Crippen molar-refractivity contribution in [2.75, 3.05) is 12.3 Å². The molecule has 1 aromatic heterocycles. The number of aliphatic hydroxyl groups excluding tert-OH is 1. The van der Waals surface area contributed by atoms with Crippen LogP contribution < -0.4 is 11.4 Å². The normalized spacial score (nSPS) is 12.2. The minimum absolute atomic E-state index is 0.0223. The van der Waals surface area contributed by atoms with Crippen molar-refractivity contribution < 1.29 is 5.11 Å². The molecule has 0 aliphatic carbocycles. The summed E-state index contributed by atoms with van der Waals surface area (Å²) < 4.78 is 1.61. The molecule has 0 spiro atoms. The molecule has 0 fully saturated rings. The monoisotopic (exact) mass is 235 g/mol. The Balaban J connectivity index is 2.56. The number of nitrogen functional groups attached to an aromatic ring is 1. The number of fused-ring (bicyclic) bond motifs is 1. The lowest BCUT2D eigenvalue weighted by Crippen LogP contribution is -2.29. The molecule has 0 saturated carbocycles. The predicted octanol–water partition coefficient (Wildman–Crippen LogP) is 0.930. The van der Waals surface area contributed by atoms with E-state index in [9.17, 15) is 9.90 Å². The first-order valence-corrected chi connectivity index (χ1v) is 5.52. The van der Waals surface area contributed by atoms with E-state index in [0.29, 0.717) is 12.2 Å². The Hall–Kier alpha value is -1.75. The van der Waals surface area contributed by atoms with E-state index in [0.717, 1.165) is 11.0 Å². The van der Waals surface area contributed by atoms with Crippen molar-refractivity contribution in [3.05, 3.63) is 28.7 Å². The fourth-order valence-electron chi connectivity index (χ4n) is 1.80. The van der Waals surface area contributed by atoms with Crippen molar-refractivity contribution in [2.45, 2.75) is 20.4 Å². The summed E-state index contributed by atoms with van der Waals surface area (Å²) in [6, 6.07) is 5.30. The van der Waals surface area contributed by atoms with Gasteiger partial charge < -0.3 is 15.8 Å². The van der Waals surface area contributed by atoms with Crippen molar-refractivity contribution in [1.82, 2.24) is 9.55 Å². The van der Waals surface area contributed by atoms with Crippen LogP contribution in [0.3, 0.4) is 0 Å². The highest BCUT2D eigenvalue weighted by Gasteiger charge is 2.20. The van der Waals surface area contributed by atoms with Gasteiger partial charge in [-0.25, -0.2) is 4.79 Å². The number of anilines is 1. The van der Waals surface area contributed by atoms with Crippen LogP contribution in [0.2, 0.25) is 0 Å². The van der Waals surface area contributed by atoms with E-state index < -0.39 is 0 Å². The molecule has 92 valence electrons. The first kappa shape index (κ1) is 11.7. The topological polar surface area (TPSA) is 84.0 Å². The SMILES string of the molecule is CC(C)(CO)Cn1c(=O)[nH]c2ccc(N)cc21. The van der Waals surface area contributed by atoms with Crippen LogP contribution >= 0.6 is 0 Å². The van der Waals surface area contributed by atoms with Crippen LogP contribution in [-0.4, -0.2) is 21.3 Å². The average Bonchev–Trinajstić information content (AvgIpc) is 2.56. The Bertz CT molecular complexity index is 595. The number of nitrogens with two attached hydrogens (primary N) is 1. The van der Waals surface area contributed by atoms with E-state index in [1.807, 2.05) is 13.8 Å². The summed E-state index contributed by atoms with van der Waals surface area (Å²) >= 11 is 0. The zero-order chi connectivity index (χ0) is 12.6. The first-order valence-electron chi connectivity index (χ1n) is 5.52. The van der Waals surface area contributed by atoms with Gasteiger partial charge in [0, 0.05) is 24.3 Å². The summed E-state index contributed by atoms with van der Waals surface area (Å²) in [4.78, 5) is 14.6. The summed E-state index contributed by atoms with van der Waals surface area (Å²) in [5, 5.41) is 9.26. The van der Waals surface area contributed by atoms with Gasteiger partial charge in [0.15, 0.2) is 0 Å². The molecule has 0 amide bonds. The minimum atomic E-state index is -0.344. The van der Waals surface area contributed by atoms with Gasteiger partial charge in [0.1, 0.15) is 0 Å². The molecule has 2 aromatic rings. The van der Waals surface area contributed by atoms with Crippen molar-refractivity contribution in [3.8, 4) is 0 Å². The van der Waals surface area contributed by atoms with Gasteiger partial charge in [-0.05, 0) is 18.2 Å². The van der Waals surface area contributed by atoms with Gasteiger partial charge in [-0.3, -0.25) is 4.57 Å². The molecule has 0 radical (unpaired) electrons. The van der Waals surface area contributed by atoms with Gasteiger partial charge in [-0.15, -0.1) is 0 Å². The quantitative estimate of drug-likeness (QED) is 0.692. The highest BCUT2D eigenvalue weighted by molar-refractivity contribution is 5.78. The zero-order valence-electron chi connectivity index (χ0n) is 10.0. The molecule has 0 bridgehead atoms.